The van der Waals surface area contributed by atoms with E-state index < -0.39 is 17.5 Å². The highest BCUT2D eigenvalue weighted by Crippen LogP contribution is 2.17. The van der Waals surface area contributed by atoms with Crippen LogP contribution in [-0.4, -0.2) is 24.0 Å². The molecule has 5 nitrogen and oxygen atoms in total. The van der Waals surface area contributed by atoms with Crippen molar-refractivity contribution < 1.29 is 14.3 Å². The van der Waals surface area contributed by atoms with E-state index in [2.05, 4.69) is 0 Å². The van der Waals surface area contributed by atoms with Crippen molar-refractivity contribution in [2.24, 2.45) is 11.5 Å². The molecule has 0 rings (SSSR count). The molecule has 0 aliphatic heterocycles. The second-order valence-electron chi connectivity index (χ2n) is 4.86. The smallest absolute Gasteiger partial charge is 0.334 e. The first-order valence-electron chi connectivity index (χ1n) is 5.62. The standard InChI is InChI=1S/C12H22N2O3/c1-8(10(14)15)9(6-5-7-13)11(16)17-12(2,3)4/h5-7,13H2,1-4H3,(H2,14,15). The number of carbonyl (C=O) groups excluding carboxylic acids is 2. The SMILES string of the molecule is CC(C(N)=O)=C(CCCN)C(=O)OC(C)(C)C. The number of carbonyl (C=O) groups is 2. The van der Waals surface area contributed by atoms with Gasteiger partial charge in [0.15, 0.2) is 0 Å². The van der Waals surface area contributed by atoms with Crippen molar-refractivity contribution in [2.75, 3.05) is 6.54 Å². The Morgan fingerprint density at radius 2 is 1.76 bits per heavy atom. The van der Waals surface area contributed by atoms with Crippen LogP contribution < -0.4 is 11.5 Å². The molecule has 0 unspecified atom stereocenters. The predicted octanol–water partition coefficient (Wildman–Crippen LogP) is 0.869. The first-order chi connectivity index (χ1) is 7.69. The van der Waals surface area contributed by atoms with Gasteiger partial charge in [0.25, 0.3) is 0 Å². The van der Waals surface area contributed by atoms with Gasteiger partial charge in [0.2, 0.25) is 5.91 Å². The Kier molecular flexibility index (Phi) is 5.88. The summed E-state index contributed by atoms with van der Waals surface area (Å²) in [5.74, 6) is -1.11. The molecule has 98 valence electrons. The van der Waals surface area contributed by atoms with Crippen LogP contribution in [0.2, 0.25) is 0 Å². The van der Waals surface area contributed by atoms with E-state index in [4.69, 9.17) is 16.2 Å². The Morgan fingerprint density at radius 1 is 1.24 bits per heavy atom. The fourth-order valence-corrected chi connectivity index (χ4v) is 1.21. The summed E-state index contributed by atoms with van der Waals surface area (Å²) >= 11 is 0. The van der Waals surface area contributed by atoms with Crippen molar-refractivity contribution >= 4 is 11.9 Å². The number of esters is 1. The highest BCUT2D eigenvalue weighted by atomic mass is 16.6. The van der Waals surface area contributed by atoms with Gasteiger partial charge in [0.05, 0.1) is 0 Å². The van der Waals surface area contributed by atoms with Gasteiger partial charge in [0.1, 0.15) is 5.60 Å². The van der Waals surface area contributed by atoms with E-state index in [0.717, 1.165) is 0 Å². The molecule has 5 heteroatoms. The molecule has 0 fully saturated rings. The lowest BCUT2D eigenvalue weighted by Crippen LogP contribution is -2.27. The fourth-order valence-electron chi connectivity index (χ4n) is 1.21. The predicted molar refractivity (Wildman–Crippen MR) is 66.0 cm³/mol. The van der Waals surface area contributed by atoms with Crippen LogP contribution in [0.1, 0.15) is 40.5 Å². The van der Waals surface area contributed by atoms with Crippen LogP contribution in [0.5, 0.6) is 0 Å². The fraction of sp³-hybridized carbons (Fsp3) is 0.667. The summed E-state index contributed by atoms with van der Waals surface area (Å²) in [5, 5.41) is 0. The van der Waals surface area contributed by atoms with E-state index in [-0.39, 0.29) is 5.57 Å². The molecule has 4 N–H and O–H groups in total. The van der Waals surface area contributed by atoms with E-state index >= 15 is 0 Å². The molecule has 0 atom stereocenters. The number of nitrogens with two attached hydrogens (primary N) is 2. The normalized spacial score (nSPS) is 13.0. The number of rotatable bonds is 5. The molecule has 0 heterocycles. The quantitative estimate of drug-likeness (QED) is 0.552. The summed E-state index contributed by atoms with van der Waals surface area (Å²) in [6.07, 6.45) is 1.01. The van der Waals surface area contributed by atoms with Crippen LogP contribution in [0.25, 0.3) is 0 Å². The molecule has 0 aliphatic rings. The molecule has 0 radical (unpaired) electrons. The molecular weight excluding hydrogens is 220 g/mol. The molecule has 0 aromatic rings. The second kappa shape index (κ2) is 6.39. The molecule has 0 saturated heterocycles. The van der Waals surface area contributed by atoms with Gasteiger partial charge in [-0.25, -0.2) is 4.79 Å². The highest BCUT2D eigenvalue weighted by Gasteiger charge is 2.22. The van der Waals surface area contributed by atoms with Crippen LogP contribution >= 0.6 is 0 Å². The van der Waals surface area contributed by atoms with E-state index in [0.29, 0.717) is 25.0 Å². The lowest BCUT2D eigenvalue weighted by molar-refractivity contribution is -0.150. The monoisotopic (exact) mass is 242 g/mol. The summed E-state index contributed by atoms with van der Waals surface area (Å²) in [6, 6.07) is 0. The topological polar surface area (TPSA) is 95.4 Å². The molecular formula is C12H22N2O3. The molecule has 0 aromatic heterocycles. The molecule has 0 spiro atoms. The average molecular weight is 242 g/mol. The minimum absolute atomic E-state index is 0.243. The maximum absolute atomic E-state index is 11.9. The molecule has 17 heavy (non-hydrogen) atoms. The molecule has 0 aromatic carbocycles. The number of primary amides is 1. The largest absolute Gasteiger partial charge is 0.457 e. The zero-order valence-electron chi connectivity index (χ0n) is 11.0. The van der Waals surface area contributed by atoms with Crippen LogP contribution in [0.3, 0.4) is 0 Å². The van der Waals surface area contributed by atoms with Crippen LogP contribution in [-0.2, 0) is 14.3 Å². The van der Waals surface area contributed by atoms with Crippen molar-refractivity contribution in [1.82, 2.24) is 0 Å². The summed E-state index contributed by atoms with van der Waals surface area (Å²) < 4.78 is 5.22. The lowest BCUT2D eigenvalue weighted by Gasteiger charge is -2.21. The average Bonchev–Trinajstić information content (AvgIpc) is 2.15. The zero-order valence-corrected chi connectivity index (χ0v) is 11.0. The Balaban J connectivity index is 5.00. The van der Waals surface area contributed by atoms with Gasteiger partial charge in [-0.05, 0) is 47.1 Å². The number of hydrogen-bond acceptors (Lipinski definition) is 4. The van der Waals surface area contributed by atoms with Gasteiger partial charge >= 0.3 is 5.97 Å². The Bertz CT molecular complexity index is 327. The van der Waals surface area contributed by atoms with Gasteiger partial charge < -0.3 is 16.2 Å². The van der Waals surface area contributed by atoms with E-state index in [1.54, 1.807) is 20.8 Å². The van der Waals surface area contributed by atoms with Gasteiger partial charge in [-0.15, -0.1) is 0 Å². The minimum atomic E-state index is -0.608. The van der Waals surface area contributed by atoms with Crippen LogP contribution in [0.15, 0.2) is 11.1 Å². The third-order valence-corrected chi connectivity index (χ3v) is 2.10. The van der Waals surface area contributed by atoms with Gasteiger partial charge in [-0.2, -0.15) is 0 Å². The van der Waals surface area contributed by atoms with Crippen LogP contribution in [0, 0.1) is 0 Å². The van der Waals surface area contributed by atoms with E-state index in [1.165, 1.54) is 6.92 Å². The maximum Gasteiger partial charge on any atom is 0.334 e. The Labute approximate surface area is 102 Å². The first-order valence-corrected chi connectivity index (χ1v) is 5.62. The number of hydrogen-bond donors (Lipinski definition) is 2. The number of amides is 1. The Morgan fingerprint density at radius 3 is 2.12 bits per heavy atom. The molecule has 0 saturated carbocycles. The summed E-state index contributed by atoms with van der Waals surface area (Å²) in [5.41, 5.74) is 10.5. The summed E-state index contributed by atoms with van der Waals surface area (Å²) in [7, 11) is 0. The lowest BCUT2D eigenvalue weighted by atomic mass is 10.0. The highest BCUT2D eigenvalue weighted by molar-refractivity contribution is 6.01. The second-order valence-corrected chi connectivity index (χ2v) is 4.86. The van der Waals surface area contributed by atoms with Crippen molar-refractivity contribution in [3.63, 3.8) is 0 Å². The van der Waals surface area contributed by atoms with Gasteiger partial charge in [-0.3, -0.25) is 4.79 Å². The van der Waals surface area contributed by atoms with E-state index in [9.17, 15) is 9.59 Å². The first kappa shape index (κ1) is 15.6. The summed E-state index contributed by atoms with van der Waals surface area (Å²) in [4.78, 5) is 23.0. The van der Waals surface area contributed by atoms with Crippen molar-refractivity contribution in [3.8, 4) is 0 Å². The minimum Gasteiger partial charge on any atom is -0.457 e. The van der Waals surface area contributed by atoms with Crippen molar-refractivity contribution in [3.05, 3.63) is 11.1 Å². The third kappa shape index (κ3) is 6.06. The Hall–Kier alpha value is -1.36. The van der Waals surface area contributed by atoms with Crippen LogP contribution in [0.4, 0.5) is 0 Å². The number of ether oxygens (including phenoxy) is 1. The molecule has 0 bridgehead atoms. The van der Waals surface area contributed by atoms with Crippen molar-refractivity contribution in [1.29, 1.82) is 0 Å². The van der Waals surface area contributed by atoms with Crippen molar-refractivity contribution in [2.45, 2.75) is 46.1 Å². The zero-order chi connectivity index (χ0) is 13.6. The third-order valence-electron chi connectivity index (χ3n) is 2.10. The summed E-state index contributed by atoms with van der Waals surface area (Å²) in [6.45, 7) is 7.28. The maximum atomic E-state index is 11.9. The van der Waals surface area contributed by atoms with Gasteiger partial charge in [0, 0.05) is 11.1 Å². The molecule has 0 aliphatic carbocycles. The van der Waals surface area contributed by atoms with E-state index in [1.807, 2.05) is 0 Å². The molecule has 1 amide bonds. The van der Waals surface area contributed by atoms with Gasteiger partial charge in [-0.1, -0.05) is 0 Å².